The Balaban J connectivity index is 1.59. The molecule has 2 aromatic carbocycles. The number of carbonyl (C=O) groups excluding carboxylic acids is 2. The molecule has 4 rings (SSSR count). The lowest BCUT2D eigenvalue weighted by molar-refractivity contribution is -0.136. The van der Waals surface area contributed by atoms with Crippen molar-refractivity contribution in [1.82, 2.24) is 14.5 Å². The topological polar surface area (TPSA) is 85.7 Å². The van der Waals surface area contributed by atoms with Crippen LogP contribution in [-0.2, 0) is 14.3 Å². The fourth-order valence-electron chi connectivity index (χ4n) is 4.41. The van der Waals surface area contributed by atoms with Crippen LogP contribution in [-0.4, -0.2) is 58.7 Å². The molecule has 1 saturated heterocycles. The van der Waals surface area contributed by atoms with Crippen LogP contribution < -0.4 is 10.1 Å². The van der Waals surface area contributed by atoms with E-state index in [4.69, 9.17) is 14.5 Å². The average molecular weight is 505 g/mol. The maximum Gasteiger partial charge on any atom is 0.246 e. The molecule has 0 aliphatic carbocycles. The Kier molecular flexibility index (Phi) is 8.95. The zero-order valence-electron chi connectivity index (χ0n) is 21.9. The molecule has 0 saturated carbocycles. The smallest absolute Gasteiger partial charge is 0.246 e. The first-order chi connectivity index (χ1) is 17.9. The number of carbonyl (C=O) groups is 2. The lowest BCUT2D eigenvalue weighted by Gasteiger charge is -2.25. The van der Waals surface area contributed by atoms with Gasteiger partial charge in [0.25, 0.3) is 0 Å². The minimum Gasteiger partial charge on any atom is -0.494 e. The second-order valence-corrected chi connectivity index (χ2v) is 9.67. The number of rotatable bonds is 11. The van der Waals surface area contributed by atoms with Gasteiger partial charge in [-0.15, -0.1) is 0 Å². The van der Waals surface area contributed by atoms with Crippen LogP contribution in [0.4, 0.5) is 5.95 Å². The molecule has 37 heavy (non-hydrogen) atoms. The second-order valence-electron chi connectivity index (χ2n) is 9.67. The van der Waals surface area contributed by atoms with Gasteiger partial charge in [0.2, 0.25) is 17.8 Å². The summed E-state index contributed by atoms with van der Waals surface area (Å²) >= 11 is 0. The third-order valence-corrected chi connectivity index (χ3v) is 6.15. The summed E-state index contributed by atoms with van der Waals surface area (Å²) < 4.78 is 13.3. The molecule has 1 aliphatic rings. The van der Waals surface area contributed by atoms with Crippen molar-refractivity contribution in [2.75, 3.05) is 31.6 Å². The Morgan fingerprint density at radius 3 is 2.70 bits per heavy atom. The van der Waals surface area contributed by atoms with Gasteiger partial charge in [0, 0.05) is 37.4 Å². The van der Waals surface area contributed by atoms with Crippen LogP contribution in [0.5, 0.6) is 5.75 Å². The number of benzene rings is 2. The van der Waals surface area contributed by atoms with Gasteiger partial charge < -0.3 is 14.4 Å². The van der Waals surface area contributed by atoms with Crippen LogP contribution in [0.1, 0.15) is 40.0 Å². The molecule has 0 radical (unpaired) electrons. The predicted octanol–water partition coefficient (Wildman–Crippen LogP) is 4.93. The highest BCUT2D eigenvalue weighted by atomic mass is 16.5. The van der Waals surface area contributed by atoms with Crippen molar-refractivity contribution in [3.8, 4) is 22.7 Å². The van der Waals surface area contributed by atoms with Crippen molar-refractivity contribution in [3.05, 3.63) is 60.8 Å². The van der Waals surface area contributed by atoms with Crippen LogP contribution in [0, 0.1) is 5.92 Å². The molecule has 8 nitrogen and oxygen atoms in total. The monoisotopic (exact) mass is 504 g/mol. The van der Waals surface area contributed by atoms with Crippen molar-refractivity contribution in [2.45, 2.75) is 46.1 Å². The second kappa shape index (κ2) is 12.5. The first kappa shape index (κ1) is 26.4. The van der Waals surface area contributed by atoms with E-state index in [0.717, 1.165) is 35.5 Å². The van der Waals surface area contributed by atoms with E-state index < -0.39 is 0 Å². The summed E-state index contributed by atoms with van der Waals surface area (Å²) in [6.45, 7) is 7.55. The third kappa shape index (κ3) is 7.20. The van der Waals surface area contributed by atoms with E-state index in [1.165, 1.54) is 0 Å². The Labute approximate surface area is 218 Å². The van der Waals surface area contributed by atoms with Crippen LogP contribution in [0.3, 0.4) is 0 Å². The number of ether oxygens (including phenoxy) is 2. The fraction of sp³-hybridized carbons (Fsp3) is 0.414. The van der Waals surface area contributed by atoms with Crippen molar-refractivity contribution >= 4 is 17.8 Å². The van der Waals surface area contributed by atoms with E-state index in [1.54, 1.807) is 4.90 Å². The van der Waals surface area contributed by atoms with Gasteiger partial charge in [-0.2, -0.15) is 0 Å². The minimum absolute atomic E-state index is 0.0307. The number of anilines is 1. The average Bonchev–Trinajstić information content (AvgIpc) is 3.54. The van der Waals surface area contributed by atoms with Gasteiger partial charge in [-0.1, -0.05) is 50.2 Å². The molecule has 1 atom stereocenters. The quantitative estimate of drug-likeness (QED) is 0.400. The summed E-state index contributed by atoms with van der Waals surface area (Å²) in [5, 5.41) is 2.95. The van der Waals surface area contributed by atoms with Crippen LogP contribution >= 0.6 is 0 Å². The zero-order chi connectivity index (χ0) is 26.2. The largest absolute Gasteiger partial charge is 0.494 e. The number of hydrogen-bond donors (Lipinski definition) is 1. The minimum atomic E-state index is -0.303. The molecule has 1 aromatic heterocycles. The maximum absolute atomic E-state index is 13.3. The molecule has 2 amide bonds. The number of nitrogens with zero attached hydrogens (tertiary/aromatic N) is 3. The first-order valence-corrected chi connectivity index (χ1v) is 13.0. The molecule has 2 heterocycles. The molecule has 3 aromatic rings. The molecular weight excluding hydrogens is 468 g/mol. The summed E-state index contributed by atoms with van der Waals surface area (Å²) in [6.07, 6.45) is 4.12. The number of amides is 2. The number of nitrogens with one attached hydrogen (secondary N) is 1. The van der Waals surface area contributed by atoms with E-state index >= 15 is 0 Å². The summed E-state index contributed by atoms with van der Waals surface area (Å²) in [5.41, 5.74) is 2.47. The van der Waals surface area contributed by atoms with E-state index in [9.17, 15) is 9.59 Å². The third-order valence-electron chi connectivity index (χ3n) is 6.15. The molecule has 1 fully saturated rings. The van der Waals surface area contributed by atoms with Gasteiger partial charge >= 0.3 is 0 Å². The van der Waals surface area contributed by atoms with Gasteiger partial charge in [-0.05, 0) is 37.8 Å². The highest BCUT2D eigenvalue weighted by Gasteiger charge is 2.25. The molecule has 196 valence electrons. The van der Waals surface area contributed by atoms with Gasteiger partial charge in [0.1, 0.15) is 12.3 Å². The van der Waals surface area contributed by atoms with Crippen molar-refractivity contribution < 1.29 is 19.1 Å². The lowest BCUT2D eigenvalue weighted by Crippen LogP contribution is -2.42. The van der Waals surface area contributed by atoms with Crippen LogP contribution in [0.2, 0.25) is 0 Å². The maximum atomic E-state index is 13.3. The standard InChI is InChI=1S/C29H36N4O4/c1-4-36-24-13-8-12-23(17-24)33-19-26(22-10-6-5-7-11-22)30-29(33)31-27(34)20-32(28(35)16-21(2)3)18-25-14-9-15-37-25/h5-8,10-13,17,19,21,25H,4,9,14-16,18,20H2,1-3H3,(H,30,31,34). The van der Waals surface area contributed by atoms with Gasteiger partial charge in [0.15, 0.2) is 0 Å². The van der Waals surface area contributed by atoms with E-state index in [2.05, 4.69) is 5.32 Å². The number of hydrogen-bond acceptors (Lipinski definition) is 5. The summed E-state index contributed by atoms with van der Waals surface area (Å²) in [7, 11) is 0. The summed E-state index contributed by atoms with van der Waals surface area (Å²) in [6, 6.07) is 17.4. The summed E-state index contributed by atoms with van der Waals surface area (Å²) in [5.74, 6) is 0.966. The van der Waals surface area contributed by atoms with Crippen LogP contribution in [0.25, 0.3) is 16.9 Å². The first-order valence-electron chi connectivity index (χ1n) is 13.0. The Morgan fingerprint density at radius 2 is 2.00 bits per heavy atom. The van der Waals surface area contributed by atoms with E-state index in [-0.39, 0.29) is 30.4 Å². The molecule has 0 bridgehead atoms. The van der Waals surface area contributed by atoms with Crippen molar-refractivity contribution in [2.24, 2.45) is 5.92 Å². The Morgan fingerprint density at radius 1 is 1.19 bits per heavy atom. The molecule has 8 heteroatoms. The Bertz CT molecular complexity index is 1190. The predicted molar refractivity (Wildman–Crippen MR) is 144 cm³/mol. The van der Waals surface area contributed by atoms with Crippen molar-refractivity contribution in [1.29, 1.82) is 0 Å². The van der Waals surface area contributed by atoms with Gasteiger partial charge in [-0.3, -0.25) is 19.5 Å². The SMILES string of the molecule is CCOc1cccc(-n2cc(-c3ccccc3)nc2NC(=O)CN(CC2CCCO2)C(=O)CC(C)C)c1. The normalized spacial score (nSPS) is 15.1. The zero-order valence-corrected chi connectivity index (χ0v) is 21.9. The fourth-order valence-corrected chi connectivity index (χ4v) is 4.41. The highest BCUT2D eigenvalue weighted by molar-refractivity contribution is 5.94. The molecule has 1 N–H and O–H groups in total. The van der Waals surface area contributed by atoms with Gasteiger partial charge in [-0.25, -0.2) is 4.98 Å². The molecule has 0 spiro atoms. The van der Waals surface area contributed by atoms with E-state index in [1.807, 2.05) is 86.1 Å². The summed E-state index contributed by atoms with van der Waals surface area (Å²) in [4.78, 5) is 32.6. The van der Waals surface area contributed by atoms with E-state index in [0.29, 0.717) is 32.1 Å². The van der Waals surface area contributed by atoms with Crippen LogP contribution in [0.15, 0.2) is 60.8 Å². The highest BCUT2D eigenvalue weighted by Crippen LogP contribution is 2.26. The van der Waals surface area contributed by atoms with Crippen molar-refractivity contribution in [3.63, 3.8) is 0 Å². The van der Waals surface area contributed by atoms with Gasteiger partial charge in [0.05, 0.1) is 24.1 Å². The lowest BCUT2D eigenvalue weighted by atomic mass is 10.1. The molecule has 1 unspecified atom stereocenters. The number of aromatic nitrogens is 2. The Hall–Kier alpha value is -3.65. The molecular formula is C29H36N4O4. The number of imidazole rings is 1. The molecule has 1 aliphatic heterocycles.